The summed E-state index contributed by atoms with van der Waals surface area (Å²) in [5, 5.41) is 55.5. The van der Waals surface area contributed by atoms with Gasteiger partial charge in [-0.2, -0.15) is 0 Å². The molecule has 0 aromatic heterocycles. The van der Waals surface area contributed by atoms with Crippen molar-refractivity contribution in [2.24, 2.45) is 5.11 Å². The zero-order valence-electron chi connectivity index (χ0n) is 15.4. The van der Waals surface area contributed by atoms with Gasteiger partial charge in [-0.25, -0.2) is 0 Å². The predicted molar refractivity (Wildman–Crippen MR) is 97.1 cm³/mol. The van der Waals surface area contributed by atoms with Crippen LogP contribution in [0.15, 0.2) is 29.4 Å². The van der Waals surface area contributed by atoms with Gasteiger partial charge in [0.25, 0.3) is 0 Å². The molecule has 0 saturated carbocycles. The SMILES string of the molecule is CC(=O)NO[As](=O)(OO)c1ccccc1N=[N+]=[N-].O=CC(O)C(O)C(O)C(O)CO. The molecule has 15 nitrogen and oxygen atoms in total. The van der Waals surface area contributed by atoms with E-state index in [0.717, 1.165) is 6.92 Å². The smallest absolute Gasteiger partial charge is 0.151 e. The molecule has 16 heteroatoms. The Hall–Kier alpha value is -2.29. The van der Waals surface area contributed by atoms with Gasteiger partial charge in [-0.1, -0.05) is 0 Å². The van der Waals surface area contributed by atoms with Crippen molar-refractivity contribution in [3.05, 3.63) is 34.7 Å². The third kappa shape index (κ3) is 8.60. The minimum atomic E-state index is -4.92. The van der Waals surface area contributed by atoms with Crippen molar-refractivity contribution in [1.29, 1.82) is 0 Å². The summed E-state index contributed by atoms with van der Waals surface area (Å²) in [5.41, 5.74) is 10.1. The van der Waals surface area contributed by atoms with Gasteiger partial charge in [0.15, 0.2) is 6.29 Å². The fraction of sp³-hybridized carbons (Fsp3) is 0.429. The maximum absolute atomic E-state index is 12.2. The maximum Gasteiger partial charge on any atom is 0.151 e. The van der Waals surface area contributed by atoms with Crippen LogP contribution in [0.5, 0.6) is 0 Å². The van der Waals surface area contributed by atoms with E-state index in [-0.39, 0.29) is 16.3 Å². The van der Waals surface area contributed by atoms with Crippen molar-refractivity contribution in [3.8, 4) is 0 Å². The Labute approximate surface area is 172 Å². The Kier molecular flexibility index (Phi) is 12.8. The number of amides is 1. The molecule has 0 spiro atoms. The summed E-state index contributed by atoms with van der Waals surface area (Å²) in [7, 11) is 0. The van der Waals surface area contributed by atoms with E-state index in [4.69, 9.17) is 36.3 Å². The van der Waals surface area contributed by atoms with Crippen LogP contribution in [0.25, 0.3) is 10.4 Å². The van der Waals surface area contributed by atoms with E-state index in [0.29, 0.717) is 0 Å². The van der Waals surface area contributed by atoms with Gasteiger partial charge in [-0.05, 0) is 0 Å². The molecule has 1 rings (SSSR count). The molecule has 1 aromatic rings. The Morgan fingerprint density at radius 2 is 1.90 bits per heavy atom. The van der Waals surface area contributed by atoms with Crippen molar-refractivity contribution in [2.75, 3.05) is 6.61 Å². The summed E-state index contributed by atoms with van der Waals surface area (Å²) in [6, 6.07) is 5.67. The number of hydroxylamine groups is 1. The van der Waals surface area contributed by atoms with E-state index < -0.39 is 51.1 Å². The normalized spacial score (nSPS) is 16.4. The van der Waals surface area contributed by atoms with Crippen LogP contribution in [0.2, 0.25) is 0 Å². The second-order valence-corrected chi connectivity index (χ2v) is 9.19. The molecule has 0 aliphatic rings. The summed E-state index contributed by atoms with van der Waals surface area (Å²) in [6.07, 6.45) is -6.84. The van der Waals surface area contributed by atoms with E-state index in [9.17, 15) is 13.3 Å². The number of aldehydes is 1. The fourth-order valence-electron chi connectivity index (χ4n) is 1.68. The van der Waals surface area contributed by atoms with E-state index in [1.165, 1.54) is 24.3 Å². The third-order valence-electron chi connectivity index (χ3n) is 3.17. The summed E-state index contributed by atoms with van der Waals surface area (Å²) in [6.45, 7) is 0.362. The number of aliphatic hydroxyl groups excluding tert-OH is 5. The Bertz CT molecular complexity index is 789. The van der Waals surface area contributed by atoms with Gasteiger partial charge in [0.1, 0.15) is 24.4 Å². The predicted octanol–water partition coefficient (Wildman–Crippen LogP) is -2.62. The summed E-state index contributed by atoms with van der Waals surface area (Å²) >= 11 is -4.92. The Morgan fingerprint density at radius 3 is 2.37 bits per heavy atom. The van der Waals surface area contributed by atoms with Gasteiger partial charge in [-0.3, -0.25) is 0 Å². The molecular weight excluding hydrogens is 475 g/mol. The number of aliphatic hydroxyl groups is 5. The zero-order chi connectivity index (χ0) is 23.3. The van der Waals surface area contributed by atoms with Gasteiger partial charge < -0.3 is 30.3 Å². The zero-order valence-corrected chi connectivity index (χ0v) is 17.3. The molecular formula is C14H21AsN4O11. The number of carbonyl (C=O) groups is 2. The van der Waals surface area contributed by atoms with Gasteiger partial charge in [0.2, 0.25) is 0 Å². The molecule has 0 fully saturated rings. The quantitative estimate of drug-likeness (QED) is 0.0336. The van der Waals surface area contributed by atoms with E-state index in [2.05, 4.69) is 17.7 Å². The number of carbonyl (C=O) groups excluding carboxylic acids is 2. The average Bonchev–Trinajstić information content (AvgIpc) is 2.76. The first-order chi connectivity index (χ1) is 14.1. The monoisotopic (exact) mass is 496 g/mol. The summed E-state index contributed by atoms with van der Waals surface area (Å²) < 4.78 is 20.5. The van der Waals surface area contributed by atoms with E-state index >= 15 is 0 Å². The Balaban J connectivity index is 0.000000612. The van der Waals surface area contributed by atoms with Crippen LogP contribution in [-0.4, -0.2) is 88.2 Å². The number of hydrogen-bond donors (Lipinski definition) is 7. The topological polar surface area (TPSA) is 252 Å². The van der Waals surface area contributed by atoms with Crippen molar-refractivity contribution < 1.29 is 51.8 Å². The molecule has 1 amide bonds. The molecule has 0 aliphatic carbocycles. The molecule has 0 saturated heterocycles. The molecule has 0 heterocycles. The maximum atomic E-state index is 12.2. The van der Waals surface area contributed by atoms with Gasteiger partial charge in [0.05, 0.1) is 6.61 Å². The van der Waals surface area contributed by atoms with Crippen molar-refractivity contribution in [2.45, 2.75) is 31.3 Å². The van der Waals surface area contributed by atoms with Crippen LogP contribution in [0, 0.1) is 0 Å². The van der Waals surface area contributed by atoms with Crippen LogP contribution in [0.3, 0.4) is 0 Å². The molecule has 0 bridgehead atoms. The standard InChI is InChI=1S/C8H9AsN4O5.C6H12O6/c1-6(14)12-17-9(15,18-16)7-4-2-3-5-8(7)11-13-10;7-1-3(9)5(11)6(12)4(10)2-8/h2-5,16H,1H3,(H,12,14);1,3-6,8-12H,2H2. The molecule has 1 aromatic carbocycles. The van der Waals surface area contributed by atoms with Crippen molar-refractivity contribution in [1.82, 2.24) is 5.48 Å². The largest absolute Gasteiger partial charge is 0.394 e. The molecule has 7 N–H and O–H groups in total. The van der Waals surface area contributed by atoms with Gasteiger partial charge in [-0.15, -0.1) is 0 Å². The van der Waals surface area contributed by atoms with Crippen molar-refractivity contribution in [3.63, 3.8) is 0 Å². The summed E-state index contributed by atoms with van der Waals surface area (Å²) in [5.74, 6) is -0.630. The fourth-order valence-corrected chi connectivity index (χ4v) is 4.07. The number of azide groups is 1. The minimum absolute atomic E-state index is 0.0258. The first-order valence-corrected chi connectivity index (χ1v) is 11.1. The number of benzene rings is 1. The molecule has 168 valence electrons. The van der Waals surface area contributed by atoms with Crippen molar-refractivity contribution >= 4 is 36.4 Å². The Morgan fingerprint density at radius 1 is 1.30 bits per heavy atom. The first kappa shape index (κ1) is 27.7. The van der Waals surface area contributed by atoms with Crippen LogP contribution >= 0.6 is 0 Å². The van der Waals surface area contributed by atoms with Crippen LogP contribution in [-0.2, 0) is 21.0 Å². The van der Waals surface area contributed by atoms with Crippen LogP contribution < -0.4 is 9.83 Å². The average molecular weight is 496 g/mol. The van der Waals surface area contributed by atoms with E-state index in [1.54, 1.807) is 0 Å². The van der Waals surface area contributed by atoms with Gasteiger partial charge >= 0.3 is 104 Å². The second kappa shape index (κ2) is 13.8. The molecule has 5 unspecified atom stereocenters. The third-order valence-corrected chi connectivity index (χ3v) is 6.35. The molecule has 0 aliphatic heterocycles. The first-order valence-electron chi connectivity index (χ1n) is 7.89. The number of rotatable bonds is 10. The van der Waals surface area contributed by atoms with E-state index in [1.807, 2.05) is 5.48 Å². The molecule has 0 radical (unpaired) electrons. The number of nitrogens with one attached hydrogen (secondary N) is 1. The van der Waals surface area contributed by atoms with Gasteiger partial charge in [0, 0.05) is 0 Å². The second-order valence-electron chi connectivity index (χ2n) is 5.36. The molecule has 30 heavy (non-hydrogen) atoms. The molecule has 5 atom stereocenters. The number of nitrogens with zero attached hydrogens (tertiary/aromatic N) is 3. The van der Waals surface area contributed by atoms with Crippen LogP contribution in [0.4, 0.5) is 5.69 Å². The minimum Gasteiger partial charge on any atom is -0.394 e. The summed E-state index contributed by atoms with van der Waals surface area (Å²) in [4.78, 5) is 23.1. The van der Waals surface area contributed by atoms with Crippen LogP contribution in [0.1, 0.15) is 6.92 Å². The number of hydrogen-bond acceptors (Lipinski definition) is 12.